The van der Waals surface area contributed by atoms with Gasteiger partial charge in [0, 0.05) is 61.7 Å². The van der Waals surface area contributed by atoms with Crippen LogP contribution in [0.1, 0.15) is 28.6 Å². The Hall–Kier alpha value is -4.52. The zero-order valence-electron chi connectivity index (χ0n) is 22.3. The van der Waals surface area contributed by atoms with E-state index in [0.29, 0.717) is 13.0 Å². The Morgan fingerprint density at radius 3 is 2.44 bits per heavy atom. The Labute approximate surface area is 233 Å². The van der Waals surface area contributed by atoms with Crippen molar-refractivity contribution in [3.63, 3.8) is 0 Å². The van der Waals surface area contributed by atoms with Gasteiger partial charge in [-0.05, 0) is 54.9 Å². The van der Waals surface area contributed by atoms with Gasteiger partial charge in [0.25, 0.3) is 0 Å². The second-order valence-electron chi connectivity index (χ2n) is 10.4. The van der Waals surface area contributed by atoms with Gasteiger partial charge >= 0.3 is 6.18 Å². The SMILES string of the molecule is CN1CCN(c2ccc(C3c4[nH]c5ccc(-n6nccn6)cc5c4CCN3c3nccc(C(F)(F)F)n3)cn2)CC1. The molecule has 10 nitrogen and oxygen atoms in total. The summed E-state index contributed by atoms with van der Waals surface area (Å²) in [5.41, 5.74) is 3.58. The highest BCUT2D eigenvalue weighted by Crippen LogP contribution is 2.41. The van der Waals surface area contributed by atoms with E-state index in [1.54, 1.807) is 17.2 Å². The summed E-state index contributed by atoms with van der Waals surface area (Å²) >= 11 is 0. The van der Waals surface area contributed by atoms with Crippen LogP contribution < -0.4 is 9.80 Å². The predicted molar refractivity (Wildman–Crippen MR) is 147 cm³/mol. The van der Waals surface area contributed by atoms with Crippen LogP contribution in [-0.2, 0) is 12.6 Å². The molecule has 0 saturated carbocycles. The molecule has 41 heavy (non-hydrogen) atoms. The molecule has 1 aromatic carbocycles. The lowest BCUT2D eigenvalue weighted by Gasteiger charge is -2.37. The van der Waals surface area contributed by atoms with Crippen molar-refractivity contribution in [2.75, 3.05) is 49.6 Å². The number of aromatic amines is 1. The van der Waals surface area contributed by atoms with Crippen LogP contribution in [0.25, 0.3) is 16.6 Å². The summed E-state index contributed by atoms with van der Waals surface area (Å²) in [6.45, 7) is 4.12. The van der Waals surface area contributed by atoms with Crippen LogP contribution in [0, 0.1) is 0 Å². The van der Waals surface area contributed by atoms with Crippen LogP contribution in [0.3, 0.4) is 0 Å². The van der Waals surface area contributed by atoms with Crippen LogP contribution in [0.2, 0.25) is 0 Å². The summed E-state index contributed by atoms with van der Waals surface area (Å²) in [7, 11) is 2.10. The van der Waals surface area contributed by atoms with Crippen molar-refractivity contribution in [2.45, 2.75) is 18.6 Å². The Morgan fingerprint density at radius 2 is 1.71 bits per heavy atom. The van der Waals surface area contributed by atoms with E-state index in [2.05, 4.69) is 42.0 Å². The fourth-order valence-corrected chi connectivity index (χ4v) is 5.74. The van der Waals surface area contributed by atoms with E-state index in [4.69, 9.17) is 4.98 Å². The van der Waals surface area contributed by atoms with Crippen molar-refractivity contribution in [1.82, 2.24) is 39.8 Å². The monoisotopic (exact) mass is 560 g/mol. The Balaban J connectivity index is 1.32. The van der Waals surface area contributed by atoms with E-state index in [9.17, 15) is 13.2 Å². The third kappa shape index (κ3) is 4.65. The number of pyridine rings is 1. The molecule has 210 valence electrons. The standard InChI is InChI=1S/C28H27F3N10/c1-38-12-14-39(15-13-38)24-5-2-18(17-33-24)26-25-20(7-11-40(26)27-32-8-6-23(37-27)28(29,30)31)21-16-19(3-4-22(21)36-25)41-34-9-10-35-41/h2-6,8-10,16-17,26,36H,7,11-15H2,1H3. The van der Waals surface area contributed by atoms with Crippen molar-refractivity contribution in [2.24, 2.45) is 0 Å². The van der Waals surface area contributed by atoms with Crippen molar-refractivity contribution < 1.29 is 13.2 Å². The summed E-state index contributed by atoms with van der Waals surface area (Å²) < 4.78 is 40.8. The molecule has 1 N–H and O–H groups in total. The van der Waals surface area contributed by atoms with Gasteiger partial charge in [0.1, 0.15) is 11.5 Å². The molecular formula is C28H27F3N10. The third-order valence-electron chi connectivity index (χ3n) is 7.86. The first kappa shape index (κ1) is 25.4. The number of fused-ring (bicyclic) bond motifs is 3. The number of aromatic nitrogens is 7. The van der Waals surface area contributed by atoms with E-state index < -0.39 is 17.9 Å². The zero-order valence-corrected chi connectivity index (χ0v) is 22.3. The van der Waals surface area contributed by atoms with Crippen molar-refractivity contribution in [3.8, 4) is 5.69 Å². The minimum absolute atomic E-state index is 0.0266. The maximum absolute atomic E-state index is 13.6. The molecule has 0 amide bonds. The molecule has 2 aliphatic rings. The van der Waals surface area contributed by atoms with E-state index in [0.717, 1.165) is 71.5 Å². The van der Waals surface area contributed by atoms with E-state index >= 15 is 0 Å². The zero-order chi connectivity index (χ0) is 28.1. The Bertz CT molecular complexity index is 1670. The van der Waals surface area contributed by atoms with E-state index in [-0.39, 0.29) is 5.95 Å². The highest BCUT2D eigenvalue weighted by molar-refractivity contribution is 5.87. The lowest BCUT2D eigenvalue weighted by molar-refractivity contribution is -0.141. The molecule has 1 unspecified atom stereocenters. The summed E-state index contributed by atoms with van der Waals surface area (Å²) in [6.07, 6.45) is 2.25. The van der Waals surface area contributed by atoms with Gasteiger partial charge < -0.3 is 19.7 Å². The van der Waals surface area contributed by atoms with Gasteiger partial charge in [0.2, 0.25) is 5.95 Å². The number of benzene rings is 1. The number of nitrogens with one attached hydrogen (secondary N) is 1. The fraction of sp³-hybridized carbons (Fsp3) is 0.321. The molecule has 0 spiro atoms. The lowest BCUT2D eigenvalue weighted by Crippen LogP contribution is -2.44. The van der Waals surface area contributed by atoms with E-state index in [1.165, 1.54) is 6.20 Å². The Kier molecular flexibility index (Phi) is 6.11. The largest absolute Gasteiger partial charge is 0.433 e. The lowest BCUT2D eigenvalue weighted by atomic mass is 9.93. The first-order valence-electron chi connectivity index (χ1n) is 13.4. The molecular weight excluding hydrogens is 533 g/mol. The van der Waals surface area contributed by atoms with Crippen LogP contribution in [-0.4, -0.2) is 79.6 Å². The average Bonchev–Trinajstić information content (AvgIpc) is 3.65. The third-order valence-corrected chi connectivity index (χ3v) is 7.86. The number of alkyl halides is 3. The second-order valence-corrected chi connectivity index (χ2v) is 10.4. The topological polar surface area (TPSA) is 94.9 Å². The highest BCUT2D eigenvalue weighted by atomic mass is 19.4. The molecule has 0 bridgehead atoms. The smallest absolute Gasteiger partial charge is 0.356 e. The average molecular weight is 561 g/mol. The first-order chi connectivity index (χ1) is 19.8. The molecule has 4 aromatic heterocycles. The first-order valence-corrected chi connectivity index (χ1v) is 13.4. The van der Waals surface area contributed by atoms with Crippen molar-refractivity contribution in [3.05, 3.63) is 83.7 Å². The number of nitrogens with zero attached hydrogens (tertiary/aromatic N) is 9. The Morgan fingerprint density at radius 1 is 0.902 bits per heavy atom. The van der Waals surface area contributed by atoms with Gasteiger partial charge in [-0.3, -0.25) is 0 Å². The molecule has 2 aliphatic heterocycles. The molecule has 1 fully saturated rings. The van der Waals surface area contributed by atoms with Gasteiger partial charge in [0.05, 0.1) is 24.1 Å². The number of hydrogen-bond donors (Lipinski definition) is 1. The number of halogens is 3. The molecule has 0 aliphatic carbocycles. The number of hydrogen-bond acceptors (Lipinski definition) is 8. The molecule has 13 heteroatoms. The minimum atomic E-state index is -4.57. The molecule has 5 aromatic rings. The molecule has 6 heterocycles. The van der Waals surface area contributed by atoms with Crippen LogP contribution >= 0.6 is 0 Å². The van der Waals surface area contributed by atoms with Gasteiger partial charge in [-0.15, -0.1) is 0 Å². The minimum Gasteiger partial charge on any atom is -0.356 e. The van der Waals surface area contributed by atoms with E-state index in [1.807, 2.05) is 41.4 Å². The molecule has 1 atom stereocenters. The summed E-state index contributed by atoms with van der Waals surface area (Å²) in [5, 5.41) is 9.51. The van der Waals surface area contributed by atoms with Crippen LogP contribution in [0.4, 0.5) is 24.9 Å². The number of piperazine rings is 1. The van der Waals surface area contributed by atoms with Crippen LogP contribution in [0.5, 0.6) is 0 Å². The number of H-pyrrole nitrogens is 1. The quantitative estimate of drug-likeness (QED) is 0.354. The second kappa shape index (κ2) is 9.84. The summed E-state index contributed by atoms with van der Waals surface area (Å²) in [4.78, 5) is 24.5. The molecule has 7 rings (SSSR count). The molecule has 0 radical (unpaired) electrons. The number of likely N-dealkylation sites (N-methyl/N-ethyl adjacent to an activating group) is 1. The fourth-order valence-electron chi connectivity index (χ4n) is 5.74. The summed E-state index contributed by atoms with van der Waals surface area (Å²) in [5.74, 6) is 0.909. The van der Waals surface area contributed by atoms with Gasteiger partial charge in [-0.25, -0.2) is 15.0 Å². The number of anilines is 2. The van der Waals surface area contributed by atoms with Crippen LogP contribution in [0.15, 0.2) is 61.2 Å². The van der Waals surface area contributed by atoms with Gasteiger partial charge in [-0.1, -0.05) is 6.07 Å². The van der Waals surface area contributed by atoms with Crippen molar-refractivity contribution >= 4 is 22.7 Å². The maximum Gasteiger partial charge on any atom is 0.433 e. The van der Waals surface area contributed by atoms with Crippen molar-refractivity contribution in [1.29, 1.82) is 0 Å². The normalized spacial score (nSPS) is 18.2. The molecule has 1 saturated heterocycles. The van der Waals surface area contributed by atoms with Gasteiger partial charge in [-0.2, -0.15) is 28.2 Å². The van der Waals surface area contributed by atoms with Gasteiger partial charge in [0.15, 0.2) is 0 Å². The number of rotatable bonds is 4. The highest BCUT2D eigenvalue weighted by Gasteiger charge is 2.37. The predicted octanol–water partition coefficient (Wildman–Crippen LogP) is 3.86. The summed E-state index contributed by atoms with van der Waals surface area (Å²) in [6, 6.07) is 10.4. The maximum atomic E-state index is 13.6.